The highest BCUT2D eigenvalue weighted by atomic mass is 79.9. The number of aliphatic hydroxyl groups excluding tert-OH is 1. The molecule has 70 valence electrons. The molecular weight excluding hydrogens is 251 g/mol. The molecule has 2 rings (SSSR count). The van der Waals surface area contributed by atoms with Gasteiger partial charge >= 0.3 is 0 Å². The Morgan fingerprint density at radius 2 is 2.15 bits per heavy atom. The van der Waals surface area contributed by atoms with Crippen molar-refractivity contribution < 1.29 is 5.11 Å². The van der Waals surface area contributed by atoms with Gasteiger partial charge in [-0.3, -0.25) is 0 Å². The lowest BCUT2D eigenvalue weighted by Crippen LogP contribution is -1.89. The van der Waals surface area contributed by atoms with Crippen molar-refractivity contribution in [3.8, 4) is 0 Å². The summed E-state index contributed by atoms with van der Waals surface area (Å²) in [7, 11) is 0. The van der Waals surface area contributed by atoms with Crippen molar-refractivity contribution in [3.63, 3.8) is 0 Å². The lowest BCUT2D eigenvalue weighted by molar-refractivity contribution is 0.282. The van der Waals surface area contributed by atoms with Crippen molar-refractivity contribution in [2.45, 2.75) is 25.4 Å². The van der Waals surface area contributed by atoms with Gasteiger partial charge in [0.2, 0.25) is 0 Å². The fraction of sp³-hybridized carbons (Fsp3) is 0.400. The first-order valence-electron chi connectivity index (χ1n) is 4.31. The topological polar surface area (TPSA) is 20.2 Å². The molecule has 0 heterocycles. The van der Waals surface area contributed by atoms with Crippen LogP contribution in [0.5, 0.6) is 0 Å². The highest BCUT2D eigenvalue weighted by Crippen LogP contribution is 2.46. The van der Waals surface area contributed by atoms with E-state index in [1.165, 1.54) is 18.4 Å². The largest absolute Gasteiger partial charge is 0.392 e. The van der Waals surface area contributed by atoms with Crippen LogP contribution in [0.15, 0.2) is 16.6 Å². The maximum absolute atomic E-state index is 8.95. The summed E-state index contributed by atoms with van der Waals surface area (Å²) in [5.41, 5.74) is 2.07. The Labute approximate surface area is 90.9 Å². The first kappa shape index (κ1) is 9.50. The van der Waals surface area contributed by atoms with E-state index in [0.29, 0.717) is 5.92 Å². The number of hydrogen-bond acceptors (Lipinski definition) is 1. The molecule has 13 heavy (non-hydrogen) atoms. The summed E-state index contributed by atoms with van der Waals surface area (Å²) in [5.74, 6) is 0.634. The fourth-order valence-electron chi connectivity index (χ4n) is 1.49. The van der Waals surface area contributed by atoms with Gasteiger partial charge in [0, 0.05) is 9.50 Å². The third-order valence-electron chi connectivity index (χ3n) is 2.31. The molecule has 0 saturated heterocycles. The van der Waals surface area contributed by atoms with E-state index >= 15 is 0 Å². The Kier molecular flexibility index (Phi) is 2.63. The van der Waals surface area contributed by atoms with Crippen LogP contribution in [0.2, 0.25) is 5.02 Å². The van der Waals surface area contributed by atoms with Crippen LogP contribution in [0.3, 0.4) is 0 Å². The van der Waals surface area contributed by atoms with Crippen LogP contribution in [0.25, 0.3) is 0 Å². The average molecular weight is 262 g/mol. The van der Waals surface area contributed by atoms with Crippen molar-refractivity contribution in [1.29, 1.82) is 0 Å². The fourth-order valence-corrected chi connectivity index (χ4v) is 2.83. The van der Waals surface area contributed by atoms with Gasteiger partial charge in [0.25, 0.3) is 0 Å². The van der Waals surface area contributed by atoms with Crippen molar-refractivity contribution in [3.05, 3.63) is 32.8 Å². The zero-order valence-corrected chi connectivity index (χ0v) is 9.40. The van der Waals surface area contributed by atoms with Gasteiger partial charge < -0.3 is 5.11 Å². The van der Waals surface area contributed by atoms with Crippen molar-refractivity contribution in [2.75, 3.05) is 0 Å². The summed E-state index contributed by atoms with van der Waals surface area (Å²) in [6.07, 6.45) is 2.47. The number of hydrogen-bond donors (Lipinski definition) is 1. The molecule has 0 bridgehead atoms. The van der Waals surface area contributed by atoms with E-state index < -0.39 is 0 Å². The van der Waals surface area contributed by atoms with Crippen molar-refractivity contribution in [1.82, 2.24) is 0 Å². The molecule has 3 heteroatoms. The lowest BCUT2D eigenvalue weighted by atomic mass is 10.1. The molecule has 1 aromatic carbocycles. The van der Waals surface area contributed by atoms with Gasteiger partial charge in [-0.2, -0.15) is 0 Å². The van der Waals surface area contributed by atoms with Crippen LogP contribution in [0, 0.1) is 0 Å². The standard InChI is InChI=1S/C10H10BrClO/c11-8-3-6(5-13)4-9(12)10(8)7-1-2-7/h3-4,7,13H,1-2,5H2. The first-order valence-corrected chi connectivity index (χ1v) is 5.48. The minimum atomic E-state index is 0.0449. The summed E-state index contributed by atoms with van der Waals surface area (Å²) >= 11 is 9.59. The molecule has 0 aromatic heterocycles. The van der Waals surface area contributed by atoms with Crippen LogP contribution in [0.4, 0.5) is 0 Å². The van der Waals surface area contributed by atoms with E-state index in [1.807, 2.05) is 12.1 Å². The van der Waals surface area contributed by atoms with Gasteiger partial charge in [0.15, 0.2) is 0 Å². The summed E-state index contributed by atoms with van der Waals surface area (Å²) in [6.45, 7) is 0.0449. The average Bonchev–Trinajstić information content (AvgIpc) is 2.87. The maximum atomic E-state index is 8.95. The van der Waals surface area contributed by atoms with Gasteiger partial charge in [0.05, 0.1) is 6.61 Å². The molecule has 1 saturated carbocycles. The third-order valence-corrected chi connectivity index (χ3v) is 3.28. The molecule has 0 aliphatic heterocycles. The number of halogens is 2. The zero-order chi connectivity index (χ0) is 9.42. The second kappa shape index (κ2) is 3.60. The number of benzene rings is 1. The summed E-state index contributed by atoms with van der Waals surface area (Å²) in [5, 5.41) is 9.73. The monoisotopic (exact) mass is 260 g/mol. The van der Waals surface area contributed by atoms with Gasteiger partial charge in [-0.25, -0.2) is 0 Å². The van der Waals surface area contributed by atoms with Crippen LogP contribution in [0.1, 0.15) is 29.9 Å². The molecule has 1 nitrogen and oxygen atoms in total. The summed E-state index contributed by atoms with van der Waals surface area (Å²) < 4.78 is 1.03. The lowest BCUT2D eigenvalue weighted by Gasteiger charge is -2.07. The predicted molar refractivity (Wildman–Crippen MR) is 57.0 cm³/mol. The Balaban J connectivity index is 2.44. The van der Waals surface area contributed by atoms with Crippen molar-refractivity contribution >= 4 is 27.5 Å². The first-order chi connectivity index (χ1) is 6.22. The quantitative estimate of drug-likeness (QED) is 0.864. The molecule has 1 fully saturated rings. The highest BCUT2D eigenvalue weighted by molar-refractivity contribution is 9.10. The zero-order valence-electron chi connectivity index (χ0n) is 7.06. The Morgan fingerprint density at radius 3 is 2.62 bits per heavy atom. The van der Waals surface area contributed by atoms with E-state index in [9.17, 15) is 0 Å². The van der Waals surface area contributed by atoms with E-state index in [-0.39, 0.29) is 6.61 Å². The Bertz CT molecular complexity index is 311. The predicted octanol–water partition coefficient (Wildman–Crippen LogP) is 3.47. The van der Waals surface area contributed by atoms with Crippen LogP contribution >= 0.6 is 27.5 Å². The minimum Gasteiger partial charge on any atom is -0.392 e. The minimum absolute atomic E-state index is 0.0449. The van der Waals surface area contributed by atoms with E-state index in [1.54, 1.807) is 0 Å². The molecule has 0 radical (unpaired) electrons. The smallest absolute Gasteiger partial charge is 0.0682 e. The Hall–Kier alpha value is -0.0500. The summed E-state index contributed by atoms with van der Waals surface area (Å²) in [4.78, 5) is 0. The van der Waals surface area contributed by atoms with Crippen LogP contribution in [-0.2, 0) is 6.61 Å². The summed E-state index contributed by atoms with van der Waals surface area (Å²) in [6, 6.07) is 3.79. The van der Waals surface area contributed by atoms with E-state index in [4.69, 9.17) is 16.7 Å². The highest BCUT2D eigenvalue weighted by Gasteiger charge is 2.27. The third kappa shape index (κ3) is 1.90. The molecule has 1 N–H and O–H groups in total. The molecule has 1 aliphatic rings. The van der Waals surface area contributed by atoms with Crippen LogP contribution < -0.4 is 0 Å². The second-order valence-corrected chi connectivity index (χ2v) is 4.67. The normalized spacial score (nSPS) is 16.2. The molecule has 1 aliphatic carbocycles. The van der Waals surface area contributed by atoms with E-state index in [0.717, 1.165) is 15.1 Å². The molecule has 0 amide bonds. The van der Waals surface area contributed by atoms with E-state index in [2.05, 4.69) is 15.9 Å². The second-order valence-electron chi connectivity index (χ2n) is 3.41. The van der Waals surface area contributed by atoms with Crippen LogP contribution in [-0.4, -0.2) is 5.11 Å². The van der Waals surface area contributed by atoms with Gasteiger partial charge in [-0.15, -0.1) is 0 Å². The molecule has 0 spiro atoms. The molecule has 0 unspecified atom stereocenters. The van der Waals surface area contributed by atoms with Gasteiger partial charge in [0.1, 0.15) is 0 Å². The molecular formula is C10H10BrClO. The SMILES string of the molecule is OCc1cc(Cl)c(C2CC2)c(Br)c1. The number of rotatable bonds is 2. The van der Waals surface area contributed by atoms with Gasteiger partial charge in [-0.05, 0) is 42.0 Å². The molecule has 0 atom stereocenters. The maximum Gasteiger partial charge on any atom is 0.0682 e. The Morgan fingerprint density at radius 1 is 1.46 bits per heavy atom. The van der Waals surface area contributed by atoms with Crippen molar-refractivity contribution in [2.24, 2.45) is 0 Å². The van der Waals surface area contributed by atoms with Gasteiger partial charge in [-0.1, -0.05) is 27.5 Å². The molecule has 1 aromatic rings. The number of aliphatic hydroxyl groups is 1.